The maximum atomic E-state index is 13.0. The highest BCUT2D eigenvalue weighted by atomic mass is 32.2. The molecule has 3 aromatic rings. The lowest BCUT2D eigenvalue weighted by molar-refractivity contribution is -0.123. The number of carbonyl (C=O) groups excluding carboxylic acids is 1. The topological polar surface area (TPSA) is 75.7 Å². The molecule has 0 aromatic heterocycles. The van der Waals surface area contributed by atoms with Crippen molar-refractivity contribution in [3.05, 3.63) is 90.0 Å². The summed E-state index contributed by atoms with van der Waals surface area (Å²) in [7, 11) is -3.67. The van der Waals surface area contributed by atoms with Gasteiger partial charge in [-0.2, -0.15) is 0 Å². The largest absolute Gasteiger partial charge is 0.484 e. The van der Waals surface area contributed by atoms with E-state index in [0.29, 0.717) is 11.4 Å². The van der Waals surface area contributed by atoms with Crippen LogP contribution in [0.3, 0.4) is 0 Å². The Hall–Kier alpha value is -3.32. The Morgan fingerprint density at radius 3 is 2.19 bits per heavy atom. The van der Waals surface area contributed by atoms with E-state index in [9.17, 15) is 13.2 Å². The van der Waals surface area contributed by atoms with Gasteiger partial charge in [-0.05, 0) is 62.7 Å². The van der Waals surface area contributed by atoms with Crippen LogP contribution in [-0.4, -0.2) is 27.5 Å². The molecule has 0 heterocycles. The zero-order valence-electron chi connectivity index (χ0n) is 18.5. The molecular formula is C25H28N2O4S. The summed E-state index contributed by atoms with van der Waals surface area (Å²) in [5.41, 5.74) is 2.54. The maximum Gasteiger partial charge on any atom is 0.264 e. The summed E-state index contributed by atoms with van der Waals surface area (Å²) in [6.45, 7) is 5.77. The molecular weight excluding hydrogens is 424 g/mol. The molecule has 0 radical (unpaired) electrons. The van der Waals surface area contributed by atoms with E-state index < -0.39 is 10.0 Å². The van der Waals surface area contributed by atoms with Crippen molar-refractivity contribution in [2.75, 3.05) is 17.5 Å². The SMILES string of the molecule is CCN(c1ccc(OCC(=O)N[C@@H](C)c2ccccc2)cc1)S(=O)(=O)c1ccc(C)cc1. The summed E-state index contributed by atoms with van der Waals surface area (Å²) in [4.78, 5) is 12.5. The third-order valence-corrected chi connectivity index (χ3v) is 6.99. The minimum atomic E-state index is -3.67. The van der Waals surface area contributed by atoms with E-state index >= 15 is 0 Å². The molecule has 0 fully saturated rings. The van der Waals surface area contributed by atoms with Gasteiger partial charge in [0.1, 0.15) is 5.75 Å². The van der Waals surface area contributed by atoms with Crippen LogP contribution in [0, 0.1) is 6.92 Å². The van der Waals surface area contributed by atoms with Crippen LogP contribution in [-0.2, 0) is 14.8 Å². The van der Waals surface area contributed by atoms with E-state index in [2.05, 4.69) is 5.32 Å². The van der Waals surface area contributed by atoms with Crippen LogP contribution in [0.1, 0.15) is 31.0 Å². The fourth-order valence-electron chi connectivity index (χ4n) is 3.29. The van der Waals surface area contributed by atoms with Crippen molar-refractivity contribution in [1.82, 2.24) is 5.32 Å². The highest BCUT2D eigenvalue weighted by Crippen LogP contribution is 2.26. The summed E-state index contributed by atoms with van der Waals surface area (Å²) < 4.78 is 33.0. The van der Waals surface area contributed by atoms with Crippen molar-refractivity contribution >= 4 is 21.6 Å². The van der Waals surface area contributed by atoms with E-state index in [1.807, 2.05) is 44.2 Å². The van der Waals surface area contributed by atoms with Crippen LogP contribution in [0.4, 0.5) is 5.69 Å². The summed E-state index contributed by atoms with van der Waals surface area (Å²) in [5.74, 6) is 0.252. The van der Waals surface area contributed by atoms with Gasteiger partial charge in [-0.25, -0.2) is 8.42 Å². The molecule has 1 N–H and O–H groups in total. The number of ether oxygens (including phenoxy) is 1. The summed E-state index contributed by atoms with van der Waals surface area (Å²) >= 11 is 0. The molecule has 0 bridgehead atoms. The van der Waals surface area contributed by atoms with Gasteiger partial charge < -0.3 is 10.1 Å². The fourth-order valence-corrected chi connectivity index (χ4v) is 4.77. The number of hydrogen-bond acceptors (Lipinski definition) is 4. The monoisotopic (exact) mass is 452 g/mol. The Kier molecular flexibility index (Phi) is 7.53. The number of hydrogen-bond donors (Lipinski definition) is 1. The molecule has 3 aromatic carbocycles. The summed E-state index contributed by atoms with van der Waals surface area (Å²) in [6.07, 6.45) is 0. The Balaban J connectivity index is 1.62. The Labute approximate surface area is 189 Å². The predicted molar refractivity (Wildman–Crippen MR) is 126 cm³/mol. The lowest BCUT2D eigenvalue weighted by Crippen LogP contribution is -2.31. The second kappa shape index (κ2) is 10.3. The van der Waals surface area contributed by atoms with Crippen LogP contribution < -0.4 is 14.4 Å². The van der Waals surface area contributed by atoms with E-state index in [1.165, 1.54) is 4.31 Å². The molecule has 1 atom stereocenters. The number of carbonyl (C=O) groups is 1. The van der Waals surface area contributed by atoms with Crippen molar-refractivity contribution in [3.8, 4) is 5.75 Å². The van der Waals surface area contributed by atoms with Gasteiger partial charge in [-0.1, -0.05) is 48.0 Å². The van der Waals surface area contributed by atoms with Crippen molar-refractivity contribution < 1.29 is 17.9 Å². The number of nitrogens with zero attached hydrogens (tertiary/aromatic N) is 1. The van der Waals surface area contributed by atoms with Gasteiger partial charge in [0.25, 0.3) is 15.9 Å². The molecule has 32 heavy (non-hydrogen) atoms. The smallest absolute Gasteiger partial charge is 0.264 e. The molecule has 0 aliphatic carbocycles. The zero-order chi connectivity index (χ0) is 23.1. The Morgan fingerprint density at radius 1 is 0.969 bits per heavy atom. The number of rotatable bonds is 9. The average molecular weight is 453 g/mol. The van der Waals surface area contributed by atoms with Crippen LogP contribution >= 0.6 is 0 Å². The van der Waals surface area contributed by atoms with E-state index in [4.69, 9.17) is 4.74 Å². The maximum absolute atomic E-state index is 13.0. The quantitative estimate of drug-likeness (QED) is 0.520. The molecule has 0 spiro atoms. The number of sulfonamides is 1. The molecule has 0 unspecified atom stereocenters. The molecule has 0 aliphatic rings. The van der Waals surface area contributed by atoms with Crippen molar-refractivity contribution in [3.63, 3.8) is 0 Å². The number of benzene rings is 3. The normalized spacial score (nSPS) is 12.1. The minimum absolute atomic E-state index is 0.125. The number of anilines is 1. The minimum Gasteiger partial charge on any atom is -0.484 e. The predicted octanol–water partition coefficient (Wildman–Crippen LogP) is 4.47. The van der Waals surface area contributed by atoms with Gasteiger partial charge in [-0.15, -0.1) is 0 Å². The standard InChI is InChI=1S/C25H28N2O4S/c1-4-27(32(29,30)24-16-10-19(2)11-17-24)22-12-14-23(15-13-22)31-18-25(28)26-20(3)21-8-6-5-7-9-21/h5-17,20H,4,18H2,1-3H3,(H,26,28)/t20-/m0/s1. The molecule has 7 heteroatoms. The molecule has 3 rings (SSSR count). The van der Waals surface area contributed by atoms with Crippen LogP contribution in [0.2, 0.25) is 0 Å². The molecule has 0 aliphatic heterocycles. The second-order valence-electron chi connectivity index (χ2n) is 7.47. The van der Waals surface area contributed by atoms with E-state index in [1.54, 1.807) is 55.5 Å². The molecule has 168 valence electrons. The van der Waals surface area contributed by atoms with Gasteiger partial charge in [0, 0.05) is 6.54 Å². The van der Waals surface area contributed by atoms with Crippen molar-refractivity contribution in [1.29, 1.82) is 0 Å². The van der Waals surface area contributed by atoms with Crippen molar-refractivity contribution in [2.24, 2.45) is 0 Å². The van der Waals surface area contributed by atoms with Gasteiger partial charge >= 0.3 is 0 Å². The van der Waals surface area contributed by atoms with Crippen LogP contribution in [0.15, 0.2) is 83.8 Å². The lowest BCUT2D eigenvalue weighted by Gasteiger charge is -2.23. The first-order valence-electron chi connectivity index (χ1n) is 10.5. The van der Waals surface area contributed by atoms with Crippen LogP contribution in [0.25, 0.3) is 0 Å². The highest BCUT2D eigenvalue weighted by Gasteiger charge is 2.23. The second-order valence-corrected chi connectivity index (χ2v) is 9.33. The first-order chi connectivity index (χ1) is 15.3. The fraction of sp³-hybridized carbons (Fsp3) is 0.240. The first kappa shape index (κ1) is 23.3. The molecule has 1 amide bonds. The summed E-state index contributed by atoms with van der Waals surface area (Å²) in [6, 6.07) is 23.0. The van der Waals surface area contributed by atoms with Gasteiger partial charge in [0.15, 0.2) is 6.61 Å². The zero-order valence-corrected chi connectivity index (χ0v) is 19.3. The van der Waals surface area contributed by atoms with E-state index in [-0.39, 0.29) is 30.0 Å². The summed E-state index contributed by atoms with van der Waals surface area (Å²) in [5, 5.41) is 2.90. The lowest BCUT2D eigenvalue weighted by atomic mass is 10.1. The highest BCUT2D eigenvalue weighted by molar-refractivity contribution is 7.92. The number of nitrogens with one attached hydrogen (secondary N) is 1. The Morgan fingerprint density at radius 2 is 1.59 bits per heavy atom. The van der Waals surface area contributed by atoms with E-state index in [0.717, 1.165) is 11.1 Å². The molecule has 6 nitrogen and oxygen atoms in total. The van der Waals surface area contributed by atoms with Crippen LogP contribution in [0.5, 0.6) is 5.75 Å². The molecule has 0 saturated carbocycles. The van der Waals surface area contributed by atoms with Gasteiger partial charge in [-0.3, -0.25) is 9.10 Å². The molecule has 0 saturated heterocycles. The number of amides is 1. The third-order valence-electron chi connectivity index (χ3n) is 5.07. The third kappa shape index (κ3) is 5.68. The van der Waals surface area contributed by atoms with Gasteiger partial charge in [0.2, 0.25) is 0 Å². The van der Waals surface area contributed by atoms with Gasteiger partial charge in [0.05, 0.1) is 16.6 Å². The number of aryl methyl sites for hydroxylation is 1. The van der Waals surface area contributed by atoms with Crippen molar-refractivity contribution in [2.45, 2.75) is 31.7 Å². The first-order valence-corrected chi connectivity index (χ1v) is 11.9. The Bertz CT molecular complexity index is 1130. The average Bonchev–Trinajstić information content (AvgIpc) is 2.79.